The first-order chi connectivity index (χ1) is 13.6. The second-order valence-electron chi connectivity index (χ2n) is 6.78. The lowest BCUT2D eigenvalue weighted by molar-refractivity contribution is -0.125. The minimum atomic E-state index is -0.589. The molecule has 3 rings (SSSR count). The van der Waals surface area contributed by atoms with E-state index >= 15 is 0 Å². The summed E-state index contributed by atoms with van der Waals surface area (Å²) in [6.45, 7) is 2.28. The van der Waals surface area contributed by atoms with Gasteiger partial charge in [0.2, 0.25) is 0 Å². The third-order valence-corrected chi connectivity index (χ3v) is 4.51. The molecule has 0 heterocycles. The van der Waals surface area contributed by atoms with Crippen LogP contribution in [0.15, 0.2) is 54.6 Å². The van der Waals surface area contributed by atoms with Crippen molar-refractivity contribution in [3.8, 4) is 11.5 Å². The zero-order valence-corrected chi connectivity index (χ0v) is 15.9. The lowest BCUT2D eigenvalue weighted by atomic mass is 10.2. The SMILES string of the molecule is C[C@H](NC(=O)COC(=O)c1ccccc1OCCOc1ccccc1)C1CC1. The Bertz CT molecular complexity index is 789. The van der Waals surface area contributed by atoms with E-state index in [-0.39, 0.29) is 30.7 Å². The summed E-state index contributed by atoms with van der Waals surface area (Å²) in [7, 11) is 0. The molecule has 0 aromatic heterocycles. The minimum absolute atomic E-state index is 0.117. The zero-order chi connectivity index (χ0) is 19.8. The Kier molecular flexibility index (Phi) is 6.89. The number of esters is 1. The maximum atomic E-state index is 12.3. The van der Waals surface area contributed by atoms with Crippen molar-refractivity contribution in [1.29, 1.82) is 0 Å². The summed E-state index contributed by atoms with van der Waals surface area (Å²) in [4.78, 5) is 24.3. The molecule has 0 aliphatic heterocycles. The quantitative estimate of drug-likeness (QED) is 0.504. The molecule has 6 heteroatoms. The number of ether oxygens (including phenoxy) is 3. The van der Waals surface area contributed by atoms with E-state index in [1.165, 1.54) is 0 Å². The number of carbonyl (C=O) groups is 2. The number of para-hydroxylation sites is 2. The molecule has 28 heavy (non-hydrogen) atoms. The standard InChI is InChI=1S/C22H25NO5/c1-16(17-11-12-17)23-21(24)15-28-22(25)19-9-5-6-10-20(19)27-14-13-26-18-7-3-2-4-8-18/h2-10,16-17H,11-15H2,1H3,(H,23,24)/t16-/m0/s1. The molecule has 0 spiro atoms. The molecule has 1 fully saturated rings. The van der Waals surface area contributed by atoms with Crippen LogP contribution in [0, 0.1) is 5.92 Å². The highest BCUT2D eigenvalue weighted by Gasteiger charge is 2.29. The van der Waals surface area contributed by atoms with Crippen molar-refractivity contribution in [3.05, 3.63) is 60.2 Å². The van der Waals surface area contributed by atoms with Crippen LogP contribution >= 0.6 is 0 Å². The van der Waals surface area contributed by atoms with Crippen LogP contribution in [-0.2, 0) is 9.53 Å². The summed E-state index contributed by atoms with van der Waals surface area (Å²) in [6.07, 6.45) is 2.28. The van der Waals surface area contributed by atoms with Gasteiger partial charge in [0, 0.05) is 6.04 Å². The van der Waals surface area contributed by atoms with Crippen LogP contribution in [-0.4, -0.2) is 37.7 Å². The van der Waals surface area contributed by atoms with Crippen LogP contribution < -0.4 is 14.8 Å². The van der Waals surface area contributed by atoms with E-state index in [0.29, 0.717) is 18.3 Å². The van der Waals surface area contributed by atoms with Crippen molar-refractivity contribution in [2.24, 2.45) is 5.92 Å². The fraction of sp³-hybridized carbons (Fsp3) is 0.364. The number of hydrogen-bond donors (Lipinski definition) is 1. The van der Waals surface area contributed by atoms with E-state index in [1.54, 1.807) is 24.3 Å². The largest absolute Gasteiger partial charge is 0.490 e. The molecule has 1 atom stereocenters. The highest BCUT2D eigenvalue weighted by atomic mass is 16.5. The maximum absolute atomic E-state index is 12.3. The van der Waals surface area contributed by atoms with Crippen LogP contribution in [0.1, 0.15) is 30.1 Å². The number of amides is 1. The number of carbonyl (C=O) groups excluding carboxylic acids is 2. The van der Waals surface area contributed by atoms with Gasteiger partial charge in [-0.2, -0.15) is 0 Å². The molecular weight excluding hydrogens is 358 g/mol. The third kappa shape index (κ3) is 6.01. The monoisotopic (exact) mass is 383 g/mol. The van der Waals surface area contributed by atoms with Gasteiger partial charge in [-0.25, -0.2) is 4.79 Å². The van der Waals surface area contributed by atoms with Crippen LogP contribution in [0.4, 0.5) is 0 Å². The molecule has 1 amide bonds. The summed E-state index contributed by atoms with van der Waals surface area (Å²) in [5, 5.41) is 2.86. The van der Waals surface area contributed by atoms with Crippen LogP contribution in [0.2, 0.25) is 0 Å². The van der Waals surface area contributed by atoms with E-state index in [9.17, 15) is 9.59 Å². The molecule has 0 saturated heterocycles. The van der Waals surface area contributed by atoms with Gasteiger partial charge in [0.1, 0.15) is 30.3 Å². The summed E-state index contributed by atoms with van der Waals surface area (Å²) < 4.78 is 16.4. The van der Waals surface area contributed by atoms with E-state index in [0.717, 1.165) is 18.6 Å². The molecular formula is C22H25NO5. The van der Waals surface area contributed by atoms with E-state index in [2.05, 4.69) is 5.32 Å². The van der Waals surface area contributed by atoms with E-state index in [4.69, 9.17) is 14.2 Å². The van der Waals surface area contributed by atoms with Crippen molar-refractivity contribution in [2.45, 2.75) is 25.8 Å². The predicted octanol–water partition coefficient (Wildman–Crippen LogP) is 3.22. The molecule has 2 aromatic carbocycles. The molecule has 1 aliphatic rings. The van der Waals surface area contributed by atoms with Gasteiger partial charge in [0.05, 0.1) is 0 Å². The van der Waals surface area contributed by atoms with Crippen LogP contribution in [0.5, 0.6) is 11.5 Å². The number of hydrogen-bond acceptors (Lipinski definition) is 5. The van der Waals surface area contributed by atoms with Gasteiger partial charge in [-0.1, -0.05) is 30.3 Å². The number of benzene rings is 2. The van der Waals surface area contributed by atoms with Gasteiger partial charge in [-0.3, -0.25) is 4.79 Å². The molecule has 1 N–H and O–H groups in total. The Morgan fingerprint density at radius 1 is 1.00 bits per heavy atom. The molecule has 1 saturated carbocycles. The molecule has 6 nitrogen and oxygen atoms in total. The number of rotatable bonds is 10. The molecule has 148 valence electrons. The Morgan fingerprint density at radius 3 is 2.43 bits per heavy atom. The molecule has 0 bridgehead atoms. The molecule has 2 aromatic rings. The first-order valence-corrected chi connectivity index (χ1v) is 9.49. The molecule has 0 unspecified atom stereocenters. The minimum Gasteiger partial charge on any atom is -0.490 e. The Labute approximate surface area is 164 Å². The van der Waals surface area contributed by atoms with Gasteiger partial charge >= 0.3 is 5.97 Å². The predicted molar refractivity (Wildman–Crippen MR) is 104 cm³/mol. The van der Waals surface area contributed by atoms with Crippen LogP contribution in [0.3, 0.4) is 0 Å². The summed E-state index contributed by atoms with van der Waals surface area (Å²) in [5.41, 5.74) is 0.283. The van der Waals surface area contributed by atoms with E-state index < -0.39 is 5.97 Å². The molecule has 1 aliphatic carbocycles. The van der Waals surface area contributed by atoms with Crippen LogP contribution in [0.25, 0.3) is 0 Å². The normalized spacial score (nSPS) is 14.0. The first kappa shape index (κ1) is 19.7. The summed E-state index contributed by atoms with van der Waals surface area (Å²) in [5.74, 6) is 0.823. The zero-order valence-electron chi connectivity index (χ0n) is 15.9. The van der Waals surface area contributed by atoms with Gasteiger partial charge in [0.25, 0.3) is 5.91 Å². The lowest BCUT2D eigenvalue weighted by Gasteiger charge is -2.14. The fourth-order valence-corrected chi connectivity index (χ4v) is 2.81. The highest BCUT2D eigenvalue weighted by Crippen LogP contribution is 2.32. The first-order valence-electron chi connectivity index (χ1n) is 9.49. The Morgan fingerprint density at radius 2 is 1.68 bits per heavy atom. The number of nitrogens with one attached hydrogen (secondary N) is 1. The summed E-state index contributed by atoms with van der Waals surface area (Å²) in [6, 6.07) is 16.3. The van der Waals surface area contributed by atoms with Crippen molar-refractivity contribution in [2.75, 3.05) is 19.8 Å². The maximum Gasteiger partial charge on any atom is 0.342 e. The average Bonchev–Trinajstić information content (AvgIpc) is 3.56. The third-order valence-electron chi connectivity index (χ3n) is 4.51. The van der Waals surface area contributed by atoms with Crippen molar-refractivity contribution in [1.82, 2.24) is 5.32 Å². The summed E-state index contributed by atoms with van der Waals surface area (Å²) >= 11 is 0. The van der Waals surface area contributed by atoms with Crippen molar-refractivity contribution >= 4 is 11.9 Å². The Hall–Kier alpha value is -3.02. The topological polar surface area (TPSA) is 73.9 Å². The second kappa shape index (κ2) is 9.78. The highest BCUT2D eigenvalue weighted by molar-refractivity contribution is 5.94. The Balaban J connectivity index is 1.45. The van der Waals surface area contributed by atoms with Crippen molar-refractivity contribution in [3.63, 3.8) is 0 Å². The van der Waals surface area contributed by atoms with Crippen molar-refractivity contribution < 1.29 is 23.8 Å². The second-order valence-corrected chi connectivity index (χ2v) is 6.78. The van der Waals surface area contributed by atoms with Gasteiger partial charge in [-0.15, -0.1) is 0 Å². The van der Waals surface area contributed by atoms with Gasteiger partial charge in [-0.05, 0) is 49.9 Å². The van der Waals surface area contributed by atoms with Gasteiger partial charge < -0.3 is 19.5 Å². The molecule has 0 radical (unpaired) electrons. The lowest BCUT2D eigenvalue weighted by Crippen LogP contribution is -2.37. The smallest absolute Gasteiger partial charge is 0.342 e. The fourth-order valence-electron chi connectivity index (χ4n) is 2.81. The van der Waals surface area contributed by atoms with Gasteiger partial charge in [0.15, 0.2) is 6.61 Å². The van der Waals surface area contributed by atoms with E-state index in [1.807, 2.05) is 37.3 Å². The average molecular weight is 383 g/mol.